The van der Waals surface area contributed by atoms with Crippen LogP contribution in [0.2, 0.25) is 5.02 Å². The van der Waals surface area contributed by atoms with E-state index in [2.05, 4.69) is 5.32 Å². The molecular formula is C13H16ClFN2O3. The van der Waals surface area contributed by atoms with E-state index in [4.69, 9.17) is 16.3 Å². The minimum Gasteiger partial charge on any atom is -0.487 e. The number of hydrogen-bond acceptors (Lipinski definition) is 4. The summed E-state index contributed by atoms with van der Waals surface area (Å²) in [4.78, 5) is 10.3. The average molecular weight is 303 g/mol. The Bertz CT molecular complexity index is 493. The minimum absolute atomic E-state index is 0.0688. The van der Waals surface area contributed by atoms with Crippen LogP contribution in [0.25, 0.3) is 0 Å². The predicted octanol–water partition coefficient (Wildman–Crippen LogP) is 3.16. The van der Waals surface area contributed by atoms with Gasteiger partial charge in [0.1, 0.15) is 5.82 Å². The first-order valence-electron chi connectivity index (χ1n) is 6.55. The number of piperidine rings is 1. The molecule has 1 fully saturated rings. The normalized spacial score (nSPS) is 18.8. The first-order chi connectivity index (χ1) is 9.58. The molecule has 0 aromatic heterocycles. The average Bonchev–Trinajstić information content (AvgIpc) is 2.43. The molecule has 5 nitrogen and oxygen atoms in total. The number of ether oxygens (including phenoxy) is 1. The number of nitro groups is 1. The summed E-state index contributed by atoms with van der Waals surface area (Å²) >= 11 is 5.54. The van der Waals surface area contributed by atoms with Gasteiger partial charge in [0, 0.05) is 12.1 Å². The molecule has 1 heterocycles. The number of nitrogens with one attached hydrogen (secondary N) is 1. The van der Waals surface area contributed by atoms with Crippen molar-refractivity contribution in [3.05, 3.63) is 33.1 Å². The fraction of sp³-hybridized carbons (Fsp3) is 0.538. The largest absolute Gasteiger partial charge is 0.487 e. The maximum atomic E-state index is 13.4. The molecule has 1 aromatic carbocycles. The van der Waals surface area contributed by atoms with E-state index in [0.717, 1.165) is 44.5 Å². The van der Waals surface area contributed by atoms with Crippen molar-refractivity contribution in [2.75, 3.05) is 19.7 Å². The van der Waals surface area contributed by atoms with E-state index in [-0.39, 0.29) is 16.5 Å². The third kappa shape index (κ3) is 3.80. The lowest BCUT2D eigenvalue weighted by Crippen LogP contribution is -2.30. The number of hydrogen-bond donors (Lipinski definition) is 1. The second-order valence-corrected chi connectivity index (χ2v) is 5.25. The molecule has 0 bridgehead atoms. The van der Waals surface area contributed by atoms with Crippen LogP contribution < -0.4 is 10.1 Å². The molecule has 2 rings (SSSR count). The Morgan fingerprint density at radius 3 is 3.00 bits per heavy atom. The molecule has 0 aliphatic carbocycles. The second-order valence-electron chi connectivity index (χ2n) is 4.84. The Hall–Kier alpha value is -1.40. The summed E-state index contributed by atoms with van der Waals surface area (Å²) in [5.41, 5.74) is -0.307. The van der Waals surface area contributed by atoms with Gasteiger partial charge in [0.2, 0.25) is 0 Å². The van der Waals surface area contributed by atoms with Crippen LogP contribution in [-0.2, 0) is 0 Å². The van der Waals surface area contributed by atoms with Gasteiger partial charge in [-0.25, -0.2) is 4.39 Å². The van der Waals surface area contributed by atoms with E-state index in [1.54, 1.807) is 0 Å². The lowest BCUT2D eigenvalue weighted by molar-refractivity contribution is -0.385. The van der Waals surface area contributed by atoms with Crippen molar-refractivity contribution >= 4 is 17.3 Å². The maximum Gasteiger partial charge on any atom is 0.312 e. The summed E-state index contributed by atoms with van der Waals surface area (Å²) < 4.78 is 18.7. The molecule has 0 radical (unpaired) electrons. The lowest BCUT2D eigenvalue weighted by atomic mass is 9.97. The highest BCUT2D eigenvalue weighted by Crippen LogP contribution is 2.32. The van der Waals surface area contributed by atoms with Crippen molar-refractivity contribution in [2.24, 2.45) is 5.92 Å². The fourth-order valence-electron chi connectivity index (χ4n) is 2.28. The van der Waals surface area contributed by atoms with Crippen LogP contribution >= 0.6 is 11.6 Å². The first kappa shape index (κ1) is 15.0. The highest BCUT2D eigenvalue weighted by molar-refractivity contribution is 6.31. The third-order valence-electron chi connectivity index (χ3n) is 3.38. The number of nitro benzene ring substituents is 1. The van der Waals surface area contributed by atoms with Crippen LogP contribution in [0.1, 0.15) is 19.3 Å². The molecule has 110 valence electrons. The Labute approximate surface area is 121 Å². The molecule has 1 atom stereocenters. The van der Waals surface area contributed by atoms with Gasteiger partial charge in [-0.3, -0.25) is 10.1 Å². The summed E-state index contributed by atoms with van der Waals surface area (Å²) in [7, 11) is 0. The Morgan fingerprint density at radius 2 is 2.35 bits per heavy atom. The van der Waals surface area contributed by atoms with E-state index in [9.17, 15) is 14.5 Å². The van der Waals surface area contributed by atoms with Crippen molar-refractivity contribution in [2.45, 2.75) is 19.3 Å². The number of halogens is 2. The third-order valence-corrected chi connectivity index (χ3v) is 3.67. The zero-order chi connectivity index (χ0) is 14.5. The van der Waals surface area contributed by atoms with Crippen LogP contribution in [-0.4, -0.2) is 24.6 Å². The van der Waals surface area contributed by atoms with Gasteiger partial charge in [0.05, 0.1) is 16.6 Å². The predicted molar refractivity (Wildman–Crippen MR) is 73.8 cm³/mol. The maximum absolute atomic E-state index is 13.4. The zero-order valence-corrected chi connectivity index (χ0v) is 11.7. The number of nitrogens with zero attached hydrogens (tertiary/aromatic N) is 1. The topological polar surface area (TPSA) is 64.4 Å². The zero-order valence-electron chi connectivity index (χ0n) is 10.9. The van der Waals surface area contributed by atoms with Crippen LogP contribution in [0.4, 0.5) is 10.1 Å². The van der Waals surface area contributed by atoms with Gasteiger partial charge < -0.3 is 10.1 Å². The van der Waals surface area contributed by atoms with E-state index < -0.39 is 10.7 Å². The molecule has 1 aromatic rings. The van der Waals surface area contributed by atoms with Crippen LogP contribution in [0.15, 0.2) is 12.1 Å². The highest BCUT2D eigenvalue weighted by Gasteiger charge is 2.20. The van der Waals surface area contributed by atoms with Crippen molar-refractivity contribution < 1.29 is 14.1 Å². The molecule has 0 saturated carbocycles. The molecule has 7 heteroatoms. The van der Waals surface area contributed by atoms with Gasteiger partial charge in [-0.2, -0.15) is 0 Å². The first-order valence-corrected chi connectivity index (χ1v) is 6.92. The number of rotatable bonds is 5. The van der Waals surface area contributed by atoms with Crippen molar-refractivity contribution in [1.29, 1.82) is 0 Å². The minimum atomic E-state index is -0.716. The SMILES string of the molecule is O=[N+]([O-])c1cc(Cl)c(F)cc1OCCC1CCCNC1. The molecule has 1 unspecified atom stereocenters. The van der Waals surface area contributed by atoms with Crippen molar-refractivity contribution in [3.8, 4) is 5.75 Å². The monoisotopic (exact) mass is 302 g/mol. The molecule has 1 N–H and O–H groups in total. The number of benzene rings is 1. The Morgan fingerprint density at radius 1 is 1.55 bits per heavy atom. The second kappa shape index (κ2) is 6.85. The summed E-state index contributed by atoms with van der Waals surface area (Å²) in [6.45, 7) is 2.29. The summed E-state index contributed by atoms with van der Waals surface area (Å²) in [5, 5.41) is 13.9. The van der Waals surface area contributed by atoms with Gasteiger partial charge in [-0.1, -0.05) is 11.6 Å². The van der Waals surface area contributed by atoms with Crippen LogP contribution in [0, 0.1) is 21.8 Å². The fourth-order valence-corrected chi connectivity index (χ4v) is 2.44. The molecule has 0 spiro atoms. The van der Waals surface area contributed by atoms with Gasteiger partial charge in [0.15, 0.2) is 5.75 Å². The smallest absolute Gasteiger partial charge is 0.312 e. The summed E-state index contributed by atoms with van der Waals surface area (Å²) in [5.74, 6) is -0.285. The molecule has 1 aliphatic heterocycles. The highest BCUT2D eigenvalue weighted by atomic mass is 35.5. The van der Waals surface area contributed by atoms with Crippen LogP contribution in [0.3, 0.4) is 0 Å². The van der Waals surface area contributed by atoms with Gasteiger partial charge in [-0.15, -0.1) is 0 Å². The molecule has 1 aliphatic rings. The van der Waals surface area contributed by atoms with E-state index >= 15 is 0 Å². The standard InChI is InChI=1S/C13H16ClFN2O3/c14-10-6-12(17(18)19)13(7-11(10)15)20-5-3-9-2-1-4-16-8-9/h6-7,9,16H,1-5,8H2. The molecule has 0 amide bonds. The van der Waals surface area contributed by atoms with E-state index in [0.29, 0.717) is 12.5 Å². The lowest BCUT2D eigenvalue weighted by Gasteiger charge is -2.22. The van der Waals surface area contributed by atoms with Gasteiger partial charge in [-0.05, 0) is 38.3 Å². The van der Waals surface area contributed by atoms with E-state index in [1.165, 1.54) is 0 Å². The summed E-state index contributed by atoms with van der Waals surface area (Å²) in [6, 6.07) is 1.95. The quantitative estimate of drug-likeness (QED) is 0.670. The Kier molecular flexibility index (Phi) is 5.14. The molecular weight excluding hydrogens is 287 g/mol. The summed E-state index contributed by atoms with van der Waals surface area (Å²) in [6.07, 6.45) is 3.03. The van der Waals surface area contributed by atoms with E-state index in [1.807, 2.05) is 0 Å². The Balaban J connectivity index is 1.97. The van der Waals surface area contributed by atoms with Crippen molar-refractivity contribution in [3.63, 3.8) is 0 Å². The molecule has 1 saturated heterocycles. The molecule has 20 heavy (non-hydrogen) atoms. The van der Waals surface area contributed by atoms with Crippen molar-refractivity contribution in [1.82, 2.24) is 5.32 Å². The van der Waals surface area contributed by atoms with Gasteiger partial charge in [0.25, 0.3) is 0 Å². The van der Waals surface area contributed by atoms with Gasteiger partial charge >= 0.3 is 5.69 Å². The van der Waals surface area contributed by atoms with Crippen LogP contribution in [0.5, 0.6) is 5.75 Å².